The van der Waals surface area contributed by atoms with Gasteiger partial charge in [-0.15, -0.1) is 11.3 Å². The molecule has 7 heteroatoms. The van der Waals surface area contributed by atoms with Crippen molar-refractivity contribution in [2.75, 3.05) is 0 Å². The molecule has 1 amide bonds. The largest absolute Gasteiger partial charge is 0.352 e. The summed E-state index contributed by atoms with van der Waals surface area (Å²) in [5, 5.41) is 4.34. The molecular weight excluding hydrogens is 378 g/mol. The summed E-state index contributed by atoms with van der Waals surface area (Å²) in [4.78, 5) is 32.8. The van der Waals surface area contributed by atoms with Crippen LogP contribution in [0.4, 0.5) is 0 Å². The highest BCUT2D eigenvalue weighted by atomic mass is 32.2. The third-order valence-electron chi connectivity index (χ3n) is 5.35. The van der Waals surface area contributed by atoms with Crippen molar-refractivity contribution in [2.45, 2.75) is 88.2 Å². The predicted molar refractivity (Wildman–Crippen MR) is 112 cm³/mol. The van der Waals surface area contributed by atoms with Gasteiger partial charge in [-0.1, -0.05) is 31.5 Å². The van der Waals surface area contributed by atoms with Crippen LogP contribution in [0.25, 0.3) is 10.2 Å². The van der Waals surface area contributed by atoms with E-state index in [1.165, 1.54) is 22.2 Å². The molecule has 1 unspecified atom stereocenters. The van der Waals surface area contributed by atoms with Crippen molar-refractivity contribution >= 4 is 39.2 Å². The van der Waals surface area contributed by atoms with E-state index in [0.717, 1.165) is 61.6 Å². The molecule has 1 saturated carbocycles. The molecule has 2 aromatic rings. The summed E-state index contributed by atoms with van der Waals surface area (Å²) in [7, 11) is 0. The first kappa shape index (κ1) is 19.0. The molecule has 2 heterocycles. The average Bonchev–Trinajstić information content (AvgIpc) is 3.21. The Labute approximate surface area is 167 Å². The van der Waals surface area contributed by atoms with Gasteiger partial charge >= 0.3 is 0 Å². The van der Waals surface area contributed by atoms with E-state index in [9.17, 15) is 9.59 Å². The monoisotopic (exact) mass is 405 g/mol. The van der Waals surface area contributed by atoms with Gasteiger partial charge in [-0.05, 0) is 51.0 Å². The lowest BCUT2D eigenvalue weighted by atomic mass is 10.2. The van der Waals surface area contributed by atoms with E-state index in [1.807, 2.05) is 11.5 Å². The molecule has 0 bridgehead atoms. The third kappa shape index (κ3) is 3.94. The first-order valence-electron chi connectivity index (χ1n) is 10.1. The highest BCUT2D eigenvalue weighted by molar-refractivity contribution is 8.00. The predicted octanol–water partition coefficient (Wildman–Crippen LogP) is 3.90. The minimum absolute atomic E-state index is 0.0469. The van der Waals surface area contributed by atoms with Crippen LogP contribution in [0.15, 0.2) is 9.95 Å². The topological polar surface area (TPSA) is 64.0 Å². The molecule has 1 fully saturated rings. The minimum atomic E-state index is -0.251. The first-order valence-corrected chi connectivity index (χ1v) is 11.8. The number of carbonyl (C=O) groups excluding carboxylic acids is 1. The molecule has 2 aliphatic carbocycles. The van der Waals surface area contributed by atoms with Gasteiger partial charge in [0.1, 0.15) is 4.83 Å². The Morgan fingerprint density at radius 1 is 1.37 bits per heavy atom. The van der Waals surface area contributed by atoms with Crippen LogP contribution < -0.4 is 10.9 Å². The number of unbranched alkanes of at least 4 members (excludes halogenated alkanes) is 2. The van der Waals surface area contributed by atoms with Crippen LogP contribution in [0.1, 0.15) is 62.8 Å². The van der Waals surface area contributed by atoms with Crippen molar-refractivity contribution in [3.05, 3.63) is 20.8 Å². The number of rotatable bonds is 8. The van der Waals surface area contributed by atoms with E-state index in [2.05, 4.69) is 12.2 Å². The number of carbonyl (C=O) groups is 1. The van der Waals surface area contributed by atoms with Crippen molar-refractivity contribution in [3.8, 4) is 0 Å². The molecule has 5 nitrogen and oxygen atoms in total. The summed E-state index contributed by atoms with van der Waals surface area (Å²) in [5.74, 6) is 0.0469. The second kappa shape index (κ2) is 7.95. The molecule has 4 rings (SSSR count). The average molecular weight is 406 g/mol. The van der Waals surface area contributed by atoms with Gasteiger partial charge in [0.05, 0.1) is 10.6 Å². The quantitative estimate of drug-likeness (QED) is 0.411. The van der Waals surface area contributed by atoms with Gasteiger partial charge in [0.25, 0.3) is 5.56 Å². The van der Waals surface area contributed by atoms with E-state index < -0.39 is 0 Å². The standard InChI is InChI=1S/C20H27N3O2S2/c1-3-4-5-11-23-19(25)16-14-7-6-8-15(14)27-18(16)22-20(23)26-12(2)17(24)21-13-9-10-13/h12-13H,3-11H2,1-2H3,(H,21,24). The van der Waals surface area contributed by atoms with Gasteiger partial charge in [-0.2, -0.15) is 0 Å². The normalized spacial score (nSPS) is 17.3. The lowest BCUT2D eigenvalue weighted by molar-refractivity contribution is -0.120. The summed E-state index contributed by atoms with van der Waals surface area (Å²) in [6.07, 6.45) is 8.52. The zero-order valence-corrected chi connectivity index (χ0v) is 17.7. The zero-order valence-electron chi connectivity index (χ0n) is 16.0. The number of nitrogens with zero attached hydrogens (tertiary/aromatic N) is 2. The van der Waals surface area contributed by atoms with Gasteiger partial charge in [-0.3, -0.25) is 14.2 Å². The van der Waals surface area contributed by atoms with Crippen LogP contribution in [-0.2, 0) is 24.2 Å². The van der Waals surface area contributed by atoms with Gasteiger partial charge < -0.3 is 5.32 Å². The molecule has 0 aliphatic heterocycles. The number of aryl methyl sites for hydroxylation is 2. The van der Waals surface area contributed by atoms with Crippen LogP contribution in [-0.4, -0.2) is 26.8 Å². The van der Waals surface area contributed by atoms with E-state index in [0.29, 0.717) is 17.7 Å². The van der Waals surface area contributed by atoms with Crippen molar-refractivity contribution < 1.29 is 4.79 Å². The fraction of sp³-hybridized carbons (Fsp3) is 0.650. The molecule has 0 aromatic carbocycles. The lowest BCUT2D eigenvalue weighted by Gasteiger charge is -2.15. The van der Waals surface area contributed by atoms with Crippen LogP contribution in [0.5, 0.6) is 0 Å². The molecule has 2 aromatic heterocycles. The van der Waals surface area contributed by atoms with Crippen LogP contribution in [0.3, 0.4) is 0 Å². The van der Waals surface area contributed by atoms with E-state index in [4.69, 9.17) is 4.98 Å². The fourth-order valence-corrected chi connectivity index (χ4v) is 5.87. The van der Waals surface area contributed by atoms with Gasteiger partial charge in [-0.25, -0.2) is 4.98 Å². The number of nitrogens with one attached hydrogen (secondary N) is 1. The van der Waals surface area contributed by atoms with E-state index >= 15 is 0 Å². The number of aromatic nitrogens is 2. The number of hydrogen-bond donors (Lipinski definition) is 1. The number of thiophene rings is 1. The Bertz CT molecular complexity index is 914. The highest BCUT2D eigenvalue weighted by Gasteiger charge is 2.28. The number of thioether (sulfide) groups is 1. The Kier molecular flexibility index (Phi) is 5.60. The molecule has 27 heavy (non-hydrogen) atoms. The smallest absolute Gasteiger partial charge is 0.263 e. The number of fused-ring (bicyclic) bond motifs is 3. The third-order valence-corrected chi connectivity index (χ3v) is 7.63. The van der Waals surface area contributed by atoms with Crippen molar-refractivity contribution in [3.63, 3.8) is 0 Å². The maximum Gasteiger partial charge on any atom is 0.263 e. The Hall–Kier alpha value is -1.34. The molecule has 146 valence electrons. The molecule has 0 radical (unpaired) electrons. The Balaban J connectivity index is 1.67. The van der Waals surface area contributed by atoms with E-state index in [-0.39, 0.29) is 16.7 Å². The minimum Gasteiger partial charge on any atom is -0.352 e. The van der Waals surface area contributed by atoms with Crippen molar-refractivity contribution in [1.82, 2.24) is 14.9 Å². The second-order valence-electron chi connectivity index (χ2n) is 7.64. The maximum absolute atomic E-state index is 13.3. The summed E-state index contributed by atoms with van der Waals surface area (Å²) >= 11 is 3.09. The van der Waals surface area contributed by atoms with Crippen LogP contribution in [0, 0.1) is 0 Å². The van der Waals surface area contributed by atoms with Gasteiger partial charge in [0.15, 0.2) is 5.16 Å². The molecule has 2 aliphatic rings. The molecule has 1 atom stereocenters. The van der Waals surface area contributed by atoms with Crippen LogP contribution >= 0.6 is 23.1 Å². The Morgan fingerprint density at radius 3 is 2.93 bits per heavy atom. The van der Waals surface area contributed by atoms with Crippen molar-refractivity contribution in [2.24, 2.45) is 0 Å². The van der Waals surface area contributed by atoms with Crippen LogP contribution in [0.2, 0.25) is 0 Å². The Morgan fingerprint density at radius 2 is 2.19 bits per heavy atom. The van der Waals surface area contributed by atoms with E-state index in [1.54, 1.807) is 11.3 Å². The zero-order chi connectivity index (χ0) is 19.0. The van der Waals surface area contributed by atoms with Crippen molar-refractivity contribution in [1.29, 1.82) is 0 Å². The molecular formula is C20H27N3O2S2. The first-order chi connectivity index (χ1) is 13.1. The summed E-state index contributed by atoms with van der Waals surface area (Å²) in [6, 6.07) is 0.350. The maximum atomic E-state index is 13.3. The second-order valence-corrected chi connectivity index (χ2v) is 10.0. The SMILES string of the molecule is CCCCCn1c(SC(C)C(=O)NC2CC2)nc2sc3c(c2c1=O)CCC3. The molecule has 1 N–H and O–H groups in total. The van der Waals surface area contributed by atoms with Gasteiger partial charge in [0, 0.05) is 17.5 Å². The summed E-state index contributed by atoms with van der Waals surface area (Å²) in [6.45, 7) is 4.75. The number of hydrogen-bond acceptors (Lipinski definition) is 5. The summed E-state index contributed by atoms with van der Waals surface area (Å²) < 4.78 is 1.83. The lowest BCUT2D eigenvalue weighted by Crippen LogP contribution is -2.33. The summed E-state index contributed by atoms with van der Waals surface area (Å²) in [5.41, 5.74) is 1.32. The molecule has 0 saturated heterocycles. The fourth-order valence-electron chi connectivity index (χ4n) is 3.62. The highest BCUT2D eigenvalue weighted by Crippen LogP contribution is 2.36. The number of amides is 1. The molecule has 0 spiro atoms. The van der Waals surface area contributed by atoms with Gasteiger partial charge in [0.2, 0.25) is 5.91 Å².